The van der Waals surface area contributed by atoms with Gasteiger partial charge < -0.3 is 15.0 Å². The van der Waals surface area contributed by atoms with E-state index in [2.05, 4.69) is 15.3 Å². The molecule has 2 heterocycles. The summed E-state index contributed by atoms with van der Waals surface area (Å²) in [6.07, 6.45) is 5.42. The lowest BCUT2D eigenvalue weighted by molar-refractivity contribution is 0.247. The molecule has 0 aliphatic carbocycles. The Kier molecular flexibility index (Phi) is 4.75. The molecule has 1 atom stereocenters. The van der Waals surface area contributed by atoms with Crippen LogP contribution in [0.2, 0.25) is 0 Å². The first-order chi connectivity index (χ1) is 8.75. The zero-order valence-corrected chi connectivity index (χ0v) is 11.2. The Bertz CT molecular complexity index is 364. The fourth-order valence-corrected chi connectivity index (χ4v) is 2.13. The maximum absolute atomic E-state index is 5.69. The van der Waals surface area contributed by atoms with Gasteiger partial charge in [0.25, 0.3) is 0 Å². The second-order valence-corrected chi connectivity index (χ2v) is 4.94. The van der Waals surface area contributed by atoms with Crippen molar-refractivity contribution in [3.63, 3.8) is 0 Å². The molecule has 0 spiro atoms. The van der Waals surface area contributed by atoms with E-state index in [4.69, 9.17) is 4.74 Å². The predicted octanol–water partition coefficient (Wildman–Crippen LogP) is 1.31. The van der Waals surface area contributed by atoms with Gasteiger partial charge in [-0.15, -0.1) is 0 Å². The van der Waals surface area contributed by atoms with Gasteiger partial charge >= 0.3 is 0 Å². The molecule has 1 aromatic rings. The summed E-state index contributed by atoms with van der Waals surface area (Å²) < 4.78 is 5.69. The van der Waals surface area contributed by atoms with E-state index in [1.54, 1.807) is 6.20 Å². The number of nitrogens with zero attached hydrogens (tertiary/aromatic N) is 3. The molecule has 0 radical (unpaired) electrons. The van der Waals surface area contributed by atoms with E-state index in [9.17, 15) is 0 Å². The Hall–Kier alpha value is -1.36. The van der Waals surface area contributed by atoms with Gasteiger partial charge in [-0.2, -0.15) is 4.98 Å². The number of aromatic nitrogens is 2. The molecule has 1 aromatic heterocycles. The quantitative estimate of drug-likeness (QED) is 0.854. The molecule has 100 valence electrons. The summed E-state index contributed by atoms with van der Waals surface area (Å²) in [6, 6.07) is 1.81. The molecule has 0 bridgehead atoms. The molecule has 0 aromatic carbocycles. The highest BCUT2D eigenvalue weighted by molar-refractivity contribution is 5.29. The maximum Gasteiger partial charge on any atom is 0.228 e. The molecule has 1 saturated heterocycles. The van der Waals surface area contributed by atoms with Crippen molar-refractivity contribution in [2.24, 2.45) is 5.92 Å². The van der Waals surface area contributed by atoms with Crippen molar-refractivity contribution in [1.82, 2.24) is 15.3 Å². The van der Waals surface area contributed by atoms with Crippen molar-refractivity contribution < 1.29 is 4.74 Å². The van der Waals surface area contributed by atoms with Gasteiger partial charge in [-0.25, -0.2) is 4.98 Å². The highest BCUT2D eigenvalue weighted by Gasteiger charge is 2.12. The lowest BCUT2D eigenvalue weighted by atomic mass is 9.97. The lowest BCUT2D eigenvalue weighted by Gasteiger charge is -2.22. The predicted molar refractivity (Wildman–Crippen MR) is 72.1 cm³/mol. The SMILES string of the molecule is CN(C)c1nccc(OCCC2CCCNC2)n1. The number of nitrogens with one attached hydrogen (secondary N) is 1. The Morgan fingerprint density at radius 3 is 3.11 bits per heavy atom. The molecule has 18 heavy (non-hydrogen) atoms. The highest BCUT2D eigenvalue weighted by atomic mass is 16.5. The van der Waals surface area contributed by atoms with Gasteiger partial charge in [0.05, 0.1) is 6.61 Å². The van der Waals surface area contributed by atoms with Gasteiger partial charge in [-0.05, 0) is 38.3 Å². The number of piperidine rings is 1. The first-order valence-corrected chi connectivity index (χ1v) is 6.59. The standard InChI is InChI=1S/C13H22N4O/c1-17(2)13-15-8-5-12(16-13)18-9-6-11-4-3-7-14-10-11/h5,8,11,14H,3-4,6-7,9-10H2,1-2H3. The van der Waals surface area contributed by atoms with Crippen molar-refractivity contribution in [2.75, 3.05) is 38.7 Å². The molecule has 1 aliphatic heterocycles. The molecule has 1 fully saturated rings. The molecule has 0 saturated carbocycles. The fraction of sp³-hybridized carbons (Fsp3) is 0.692. The van der Waals surface area contributed by atoms with Crippen LogP contribution in [0.5, 0.6) is 5.88 Å². The van der Waals surface area contributed by atoms with Crippen LogP contribution in [0.4, 0.5) is 5.95 Å². The summed E-state index contributed by atoms with van der Waals surface area (Å²) in [5.41, 5.74) is 0. The minimum atomic E-state index is 0.664. The Morgan fingerprint density at radius 1 is 1.50 bits per heavy atom. The van der Waals surface area contributed by atoms with Crippen LogP contribution in [-0.2, 0) is 0 Å². The van der Waals surface area contributed by atoms with Crippen molar-refractivity contribution in [1.29, 1.82) is 0 Å². The zero-order chi connectivity index (χ0) is 12.8. The summed E-state index contributed by atoms with van der Waals surface area (Å²) in [5.74, 6) is 2.10. The maximum atomic E-state index is 5.69. The largest absolute Gasteiger partial charge is 0.478 e. The van der Waals surface area contributed by atoms with Crippen LogP contribution in [0.1, 0.15) is 19.3 Å². The molecular weight excluding hydrogens is 228 g/mol. The van der Waals surface area contributed by atoms with E-state index in [1.807, 2.05) is 25.1 Å². The highest BCUT2D eigenvalue weighted by Crippen LogP contribution is 2.15. The van der Waals surface area contributed by atoms with Crippen LogP contribution >= 0.6 is 0 Å². The van der Waals surface area contributed by atoms with E-state index >= 15 is 0 Å². The summed E-state index contributed by atoms with van der Waals surface area (Å²) in [5, 5.41) is 3.42. The van der Waals surface area contributed by atoms with Crippen LogP contribution in [0, 0.1) is 5.92 Å². The van der Waals surface area contributed by atoms with Crippen molar-refractivity contribution in [2.45, 2.75) is 19.3 Å². The van der Waals surface area contributed by atoms with Gasteiger partial charge in [0.2, 0.25) is 11.8 Å². The lowest BCUT2D eigenvalue weighted by Crippen LogP contribution is -2.30. The fourth-order valence-electron chi connectivity index (χ4n) is 2.13. The molecule has 1 N–H and O–H groups in total. The van der Waals surface area contributed by atoms with Crippen LogP contribution < -0.4 is 15.0 Å². The minimum absolute atomic E-state index is 0.664. The summed E-state index contributed by atoms with van der Waals surface area (Å²) in [7, 11) is 3.85. The molecule has 5 nitrogen and oxygen atoms in total. The topological polar surface area (TPSA) is 50.3 Å². The Morgan fingerprint density at radius 2 is 2.39 bits per heavy atom. The Labute approximate surface area is 109 Å². The first-order valence-electron chi connectivity index (χ1n) is 6.59. The van der Waals surface area contributed by atoms with Gasteiger partial charge in [0.1, 0.15) is 0 Å². The summed E-state index contributed by atoms with van der Waals surface area (Å²) in [4.78, 5) is 10.4. The molecular formula is C13H22N4O. The van der Waals surface area contributed by atoms with Crippen LogP contribution in [-0.4, -0.2) is 43.8 Å². The number of anilines is 1. The second kappa shape index (κ2) is 6.54. The van der Waals surface area contributed by atoms with Crippen LogP contribution in [0.3, 0.4) is 0 Å². The van der Waals surface area contributed by atoms with Gasteiger partial charge in [0, 0.05) is 26.4 Å². The summed E-state index contributed by atoms with van der Waals surface area (Å²) in [6.45, 7) is 3.02. The normalized spacial score (nSPS) is 19.6. The third-order valence-electron chi connectivity index (χ3n) is 3.19. The van der Waals surface area contributed by atoms with E-state index in [-0.39, 0.29) is 0 Å². The van der Waals surface area contributed by atoms with Crippen molar-refractivity contribution in [3.8, 4) is 5.88 Å². The first kappa shape index (κ1) is 13.1. The third kappa shape index (κ3) is 3.84. The van der Waals surface area contributed by atoms with E-state index in [0.717, 1.165) is 32.0 Å². The van der Waals surface area contributed by atoms with E-state index in [1.165, 1.54) is 12.8 Å². The minimum Gasteiger partial charge on any atom is -0.478 e. The summed E-state index contributed by atoms with van der Waals surface area (Å²) >= 11 is 0. The van der Waals surface area contributed by atoms with Gasteiger partial charge in [-0.3, -0.25) is 0 Å². The second-order valence-electron chi connectivity index (χ2n) is 4.94. The molecule has 2 rings (SSSR count). The average molecular weight is 250 g/mol. The van der Waals surface area contributed by atoms with E-state index in [0.29, 0.717) is 11.8 Å². The Balaban J connectivity index is 1.77. The van der Waals surface area contributed by atoms with Crippen LogP contribution in [0.25, 0.3) is 0 Å². The molecule has 1 aliphatic rings. The molecule has 5 heteroatoms. The van der Waals surface area contributed by atoms with E-state index < -0.39 is 0 Å². The van der Waals surface area contributed by atoms with Crippen molar-refractivity contribution >= 4 is 5.95 Å². The number of hydrogen-bond donors (Lipinski definition) is 1. The average Bonchev–Trinajstić information content (AvgIpc) is 2.40. The monoisotopic (exact) mass is 250 g/mol. The number of hydrogen-bond acceptors (Lipinski definition) is 5. The smallest absolute Gasteiger partial charge is 0.228 e. The molecule has 0 amide bonds. The molecule has 1 unspecified atom stereocenters. The van der Waals surface area contributed by atoms with Crippen LogP contribution in [0.15, 0.2) is 12.3 Å². The number of rotatable bonds is 5. The zero-order valence-electron chi connectivity index (χ0n) is 11.2. The number of ether oxygens (including phenoxy) is 1. The van der Waals surface area contributed by atoms with Gasteiger partial charge in [0.15, 0.2) is 0 Å². The van der Waals surface area contributed by atoms with Crippen molar-refractivity contribution in [3.05, 3.63) is 12.3 Å². The third-order valence-corrected chi connectivity index (χ3v) is 3.19. The van der Waals surface area contributed by atoms with Gasteiger partial charge in [-0.1, -0.05) is 0 Å².